The smallest absolute Gasteiger partial charge is 0.0582 e. The minimum absolute atomic E-state index is 0.195. The molecule has 0 aromatic heterocycles. The van der Waals surface area contributed by atoms with Gasteiger partial charge < -0.3 is 25.5 Å². The Balaban J connectivity index is 2.67. The van der Waals surface area contributed by atoms with E-state index in [1.807, 2.05) is 6.07 Å². The van der Waals surface area contributed by atoms with Crippen LogP contribution in [-0.4, -0.2) is 18.0 Å². The van der Waals surface area contributed by atoms with Crippen LogP contribution in [0.4, 0.5) is 0 Å². The van der Waals surface area contributed by atoms with E-state index in [0.717, 1.165) is 5.56 Å². The minimum atomic E-state index is -1.45. The second-order valence-electron chi connectivity index (χ2n) is 3.87. The molecule has 1 aromatic rings. The van der Waals surface area contributed by atoms with E-state index in [0.29, 0.717) is 0 Å². The van der Waals surface area contributed by atoms with Gasteiger partial charge in [0.1, 0.15) is 0 Å². The van der Waals surface area contributed by atoms with Crippen molar-refractivity contribution in [2.24, 2.45) is 11.7 Å². The largest absolute Gasteiger partial charge is 0.550 e. The van der Waals surface area contributed by atoms with Crippen LogP contribution in [0.2, 0.25) is 0 Å². The minimum Gasteiger partial charge on any atom is -0.550 e. The van der Waals surface area contributed by atoms with Crippen LogP contribution in [-0.2, 0) is 16.0 Å². The quantitative estimate of drug-likeness (QED) is 0.617. The zero-order chi connectivity index (χ0) is 12.8. The highest BCUT2D eigenvalue weighted by Gasteiger charge is 2.16. The molecule has 0 amide bonds. The topological polar surface area (TPSA) is 106 Å². The van der Waals surface area contributed by atoms with Crippen molar-refractivity contribution in [1.82, 2.24) is 0 Å². The molecule has 0 saturated carbocycles. The van der Waals surface area contributed by atoms with Gasteiger partial charge in [-0.1, -0.05) is 30.3 Å². The molecule has 0 aliphatic heterocycles. The molecule has 2 atom stereocenters. The molecule has 0 radical (unpaired) electrons. The lowest BCUT2D eigenvalue weighted by Crippen LogP contribution is -2.45. The molecule has 0 saturated heterocycles. The van der Waals surface area contributed by atoms with Gasteiger partial charge in [-0.05, 0) is 18.4 Å². The Morgan fingerprint density at radius 2 is 1.71 bits per heavy atom. The number of benzene rings is 1. The average Bonchev–Trinajstić information content (AvgIpc) is 2.29. The van der Waals surface area contributed by atoms with Gasteiger partial charge in [-0.2, -0.15) is 0 Å². The maximum atomic E-state index is 10.9. The lowest BCUT2D eigenvalue weighted by Gasteiger charge is -2.22. The molecule has 0 heterocycles. The molecule has 0 fully saturated rings. The monoisotopic (exact) mass is 235 g/mol. The molecular formula is C12H13NO4-2. The van der Waals surface area contributed by atoms with Gasteiger partial charge >= 0.3 is 0 Å². The first-order chi connectivity index (χ1) is 8.00. The molecule has 17 heavy (non-hydrogen) atoms. The highest BCUT2D eigenvalue weighted by molar-refractivity contribution is 5.73. The Morgan fingerprint density at radius 1 is 1.12 bits per heavy atom. The van der Waals surface area contributed by atoms with Gasteiger partial charge in [0.25, 0.3) is 0 Å². The van der Waals surface area contributed by atoms with Crippen LogP contribution in [0.25, 0.3) is 0 Å². The molecular weight excluding hydrogens is 222 g/mol. The molecule has 5 nitrogen and oxygen atoms in total. The fourth-order valence-electron chi connectivity index (χ4n) is 1.56. The highest BCUT2D eigenvalue weighted by Crippen LogP contribution is 2.13. The fraction of sp³-hybridized carbons (Fsp3) is 0.333. The molecule has 1 unspecified atom stereocenters. The number of hydrogen-bond donors (Lipinski definition) is 1. The summed E-state index contributed by atoms with van der Waals surface area (Å²) in [6.07, 6.45) is 0.00368. The highest BCUT2D eigenvalue weighted by atomic mass is 16.4. The zero-order valence-corrected chi connectivity index (χ0v) is 9.17. The van der Waals surface area contributed by atoms with Crippen molar-refractivity contribution in [3.8, 4) is 0 Å². The molecule has 1 rings (SSSR count). The molecule has 0 aliphatic carbocycles. The number of nitrogens with two attached hydrogens (primary N) is 1. The second kappa shape index (κ2) is 6.00. The van der Waals surface area contributed by atoms with Crippen molar-refractivity contribution in [3.05, 3.63) is 35.9 Å². The predicted octanol–water partition coefficient (Wildman–Crippen LogP) is -1.94. The molecule has 0 spiro atoms. The predicted molar refractivity (Wildman–Crippen MR) is 56.2 cm³/mol. The lowest BCUT2D eigenvalue weighted by molar-refractivity contribution is -0.313. The van der Waals surface area contributed by atoms with E-state index < -0.39 is 23.9 Å². The summed E-state index contributed by atoms with van der Waals surface area (Å²) in [6, 6.07) is 7.60. The van der Waals surface area contributed by atoms with Gasteiger partial charge in [0.2, 0.25) is 0 Å². The summed E-state index contributed by atoms with van der Waals surface area (Å²) in [4.78, 5) is 21.3. The van der Waals surface area contributed by atoms with Crippen molar-refractivity contribution in [2.75, 3.05) is 0 Å². The number of carbonyl (C=O) groups is 2. The van der Waals surface area contributed by atoms with Crippen LogP contribution in [0, 0.1) is 5.92 Å². The van der Waals surface area contributed by atoms with Gasteiger partial charge in [0.05, 0.1) is 5.97 Å². The Hall–Kier alpha value is -1.88. The maximum absolute atomic E-state index is 10.9. The van der Waals surface area contributed by atoms with Crippen molar-refractivity contribution < 1.29 is 19.8 Å². The molecule has 0 aliphatic rings. The number of carboxylic acids is 2. The molecule has 5 heteroatoms. The summed E-state index contributed by atoms with van der Waals surface area (Å²) in [5.41, 5.74) is 6.05. The van der Waals surface area contributed by atoms with Crippen molar-refractivity contribution >= 4 is 11.9 Å². The van der Waals surface area contributed by atoms with Crippen LogP contribution in [0.5, 0.6) is 0 Å². The number of carbonyl (C=O) groups excluding carboxylic acids is 2. The zero-order valence-electron chi connectivity index (χ0n) is 9.17. The number of rotatable bonds is 6. The molecule has 0 bridgehead atoms. The Morgan fingerprint density at radius 3 is 2.18 bits per heavy atom. The third-order valence-electron chi connectivity index (χ3n) is 2.50. The van der Waals surface area contributed by atoms with Crippen LogP contribution >= 0.6 is 0 Å². The van der Waals surface area contributed by atoms with E-state index in [4.69, 9.17) is 5.73 Å². The van der Waals surface area contributed by atoms with Gasteiger partial charge in [-0.15, -0.1) is 0 Å². The molecule has 92 valence electrons. The summed E-state index contributed by atoms with van der Waals surface area (Å²) >= 11 is 0. The summed E-state index contributed by atoms with van der Waals surface area (Å²) in [6.45, 7) is 0. The number of hydrogen-bond acceptors (Lipinski definition) is 5. The first kappa shape index (κ1) is 13.2. The van der Waals surface area contributed by atoms with E-state index in [1.165, 1.54) is 0 Å². The van der Waals surface area contributed by atoms with Crippen LogP contribution < -0.4 is 15.9 Å². The van der Waals surface area contributed by atoms with Crippen LogP contribution in [0.3, 0.4) is 0 Å². The third-order valence-corrected chi connectivity index (χ3v) is 2.50. The third kappa shape index (κ3) is 4.24. The standard InChI is InChI=1S/C12H15NO4/c13-10(12(16)17)7-9(11(14)15)6-8-4-2-1-3-5-8/h1-5,9-10H,6-7,13H2,(H,14,15)(H,16,17)/p-2/t9?,10-/m0/s1. The SMILES string of the molecule is N[C@@H](CC(Cc1ccccc1)C(=O)[O-])C(=O)[O-]. The van der Waals surface area contributed by atoms with E-state index >= 15 is 0 Å². The fourth-order valence-corrected chi connectivity index (χ4v) is 1.56. The number of carboxylic acid groups (broad SMARTS) is 2. The van der Waals surface area contributed by atoms with Gasteiger partial charge in [0, 0.05) is 17.9 Å². The van der Waals surface area contributed by atoms with E-state index in [1.54, 1.807) is 24.3 Å². The normalized spacial score (nSPS) is 13.9. The van der Waals surface area contributed by atoms with Crippen LogP contribution in [0.15, 0.2) is 30.3 Å². The van der Waals surface area contributed by atoms with Gasteiger partial charge in [-0.25, -0.2) is 0 Å². The first-order valence-corrected chi connectivity index (χ1v) is 5.22. The van der Waals surface area contributed by atoms with Crippen molar-refractivity contribution in [2.45, 2.75) is 18.9 Å². The Kier molecular flexibility index (Phi) is 4.66. The molecule has 2 N–H and O–H groups in total. The van der Waals surface area contributed by atoms with E-state index in [2.05, 4.69) is 0 Å². The first-order valence-electron chi connectivity index (χ1n) is 5.22. The molecule has 1 aromatic carbocycles. The van der Waals surface area contributed by atoms with Gasteiger partial charge in [0.15, 0.2) is 0 Å². The van der Waals surface area contributed by atoms with Crippen molar-refractivity contribution in [3.63, 3.8) is 0 Å². The maximum Gasteiger partial charge on any atom is 0.0582 e. The van der Waals surface area contributed by atoms with Gasteiger partial charge in [-0.3, -0.25) is 0 Å². The van der Waals surface area contributed by atoms with Crippen molar-refractivity contribution in [1.29, 1.82) is 0 Å². The van der Waals surface area contributed by atoms with Crippen LogP contribution in [0.1, 0.15) is 12.0 Å². The van der Waals surface area contributed by atoms with E-state index in [-0.39, 0.29) is 12.8 Å². The average molecular weight is 235 g/mol. The second-order valence-corrected chi connectivity index (χ2v) is 3.87. The Labute approximate surface area is 98.9 Å². The Bertz CT molecular complexity index is 391. The number of aliphatic carboxylic acids is 2. The lowest BCUT2D eigenvalue weighted by atomic mass is 9.93. The summed E-state index contributed by atoms with van der Waals surface area (Å²) < 4.78 is 0. The summed E-state index contributed by atoms with van der Waals surface area (Å²) in [5, 5.41) is 21.3. The summed E-state index contributed by atoms with van der Waals surface area (Å²) in [5.74, 6) is -3.68. The summed E-state index contributed by atoms with van der Waals surface area (Å²) in [7, 11) is 0. The van der Waals surface area contributed by atoms with E-state index in [9.17, 15) is 19.8 Å².